The van der Waals surface area contributed by atoms with Crippen LogP contribution in [-0.4, -0.2) is 25.2 Å². The Kier molecular flexibility index (Phi) is 1.15. The van der Waals surface area contributed by atoms with Crippen LogP contribution < -0.4 is 0 Å². The van der Waals surface area contributed by atoms with Gasteiger partial charge < -0.3 is 9.47 Å². The molecule has 0 unspecified atom stereocenters. The first-order valence-electron chi connectivity index (χ1n) is 2.10. The Bertz CT molecular complexity index is 100. The van der Waals surface area contributed by atoms with E-state index in [9.17, 15) is 9.59 Å². The molecule has 0 aromatic heterocycles. The molecule has 0 aromatic carbocycles. The van der Waals surface area contributed by atoms with Crippen molar-refractivity contribution in [3.8, 4) is 0 Å². The highest BCUT2D eigenvalue weighted by atomic mass is 16.7. The molecule has 1 saturated heterocycles. The third kappa shape index (κ3) is 0.959. The van der Waals surface area contributed by atoms with Gasteiger partial charge in [0.25, 0.3) is 0 Å². The quantitative estimate of drug-likeness (QED) is 0.408. The molecular weight excluding hydrogens is 112 g/mol. The van der Waals surface area contributed by atoms with E-state index < -0.39 is 6.16 Å². The summed E-state index contributed by atoms with van der Waals surface area (Å²) in [5.41, 5.74) is 0. The maximum absolute atomic E-state index is 10.2. The van der Waals surface area contributed by atoms with E-state index in [4.69, 9.17) is 0 Å². The van der Waals surface area contributed by atoms with Crippen molar-refractivity contribution in [1.82, 2.24) is 0 Å². The van der Waals surface area contributed by atoms with Crippen molar-refractivity contribution in [3.63, 3.8) is 0 Å². The van der Waals surface area contributed by atoms with Crippen molar-refractivity contribution in [1.29, 1.82) is 0 Å². The third-order valence-corrected chi connectivity index (χ3v) is 0.702. The van der Waals surface area contributed by atoms with Crippen LogP contribution in [0.3, 0.4) is 0 Å². The van der Waals surface area contributed by atoms with Crippen molar-refractivity contribution < 1.29 is 19.1 Å². The number of rotatable bonds is 0. The molecule has 0 aliphatic carbocycles. The topological polar surface area (TPSA) is 52.6 Å². The van der Waals surface area contributed by atoms with Gasteiger partial charge in [0.1, 0.15) is 0 Å². The Labute approximate surface area is 45.4 Å². The molecule has 4 heteroatoms. The van der Waals surface area contributed by atoms with Gasteiger partial charge in [-0.25, -0.2) is 4.79 Å². The Hall–Kier alpha value is -1.06. The lowest BCUT2D eigenvalue weighted by molar-refractivity contribution is -0.131. The maximum Gasteiger partial charge on any atom is 0.509 e. The maximum atomic E-state index is 10.2. The fourth-order valence-electron chi connectivity index (χ4n) is 0.362. The number of ether oxygens (including phenoxy) is 2. The molecule has 0 atom stereocenters. The Morgan fingerprint density at radius 3 is 2.00 bits per heavy atom. The Morgan fingerprint density at radius 1 is 1.12 bits per heavy atom. The van der Waals surface area contributed by atoms with Crippen molar-refractivity contribution in [3.05, 3.63) is 0 Å². The number of ketones is 1. The van der Waals surface area contributed by atoms with E-state index in [0.29, 0.717) is 0 Å². The minimum Gasteiger partial charge on any atom is -0.426 e. The van der Waals surface area contributed by atoms with E-state index in [-0.39, 0.29) is 19.0 Å². The standard InChI is InChI=1S/C4H4O4/c5-3-1-7-4(6)8-2-3/h1-2H2. The summed E-state index contributed by atoms with van der Waals surface area (Å²) in [5, 5.41) is 0. The van der Waals surface area contributed by atoms with Crippen molar-refractivity contribution >= 4 is 11.9 Å². The summed E-state index contributed by atoms with van der Waals surface area (Å²) >= 11 is 0. The van der Waals surface area contributed by atoms with Gasteiger partial charge in [-0.3, -0.25) is 4.79 Å². The summed E-state index contributed by atoms with van der Waals surface area (Å²) in [6.45, 7) is -0.280. The van der Waals surface area contributed by atoms with Crippen LogP contribution in [0.4, 0.5) is 4.79 Å². The summed E-state index contributed by atoms with van der Waals surface area (Å²) in [6.07, 6.45) is -0.760. The Balaban J connectivity index is 2.40. The summed E-state index contributed by atoms with van der Waals surface area (Å²) in [7, 11) is 0. The molecule has 0 aromatic rings. The second-order valence-electron chi connectivity index (χ2n) is 1.37. The molecule has 0 amide bonds. The van der Waals surface area contributed by atoms with Crippen LogP contribution in [0.5, 0.6) is 0 Å². The average Bonchev–Trinajstić information content (AvgIpc) is 1.77. The van der Waals surface area contributed by atoms with Gasteiger partial charge in [-0.1, -0.05) is 0 Å². The molecule has 1 heterocycles. The largest absolute Gasteiger partial charge is 0.509 e. The molecule has 0 saturated carbocycles. The molecule has 0 N–H and O–H groups in total. The SMILES string of the molecule is O=C1COC(=O)OC1. The molecule has 4 nitrogen and oxygen atoms in total. The van der Waals surface area contributed by atoms with E-state index in [1.54, 1.807) is 0 Å². The van der Waals surface area contributed by atoms with Crippen molar-refractivity contribution in [2.45, 2.75) is 0 Å². The molecule has 1 aliphatic rings. The summed E-state index contributed by atoms with van der Waals surface area (Å²) < 4.78 is 8.36. The van der Waals surface area contributed by atoms with Gasteiger partial charge in [0, 0.05) is 0 Å². The highest BCUT2D eigenvalue weighted by Crippen LogP contribution is 1.92. The van der Waals surface area contributed by atoms with E-state index in [1.165, 1.54) is 0 Å². The molecule has 8 heavy (non-hydrogen) atoms. The fraction of sp³-hybridized carbons (Fsp3) is 0.500. The zero-order valence-electron chi connectivity index (χ0n) is 4.05. The lowest BCUT2D eigenvalue weighted by atomic mass is 10.4. The van der Waals surface area contributed by atoms with Crippen molar-refractivity contribution in [2.75, 3.05) is 13.2 Å². The van der Waals surface area contributed by atoms with Crippen LogP contribution in [0, 0.1) is 0 Å². The fourth-order valence-corrected chi connectivity index (χ4v) is 0.362. The van der Waals surface area contributed by atoms with Gasteiger partial charge in [-0.15, -0.1) is 0 Å². The molecular formula is C4H4O4. The van der Waals surface area contributed by atoms with E-state index >= 15 is 0 Å². The summed E-state index contributed by atoms with van der Waals surface area (Å²) in [4.78, 5) is 20.2. The molecule has 1 rings (SSSR count). The minimum atomic E-state index is -0.760. The highest BCUT2D eigenvalue weighted by Gasteiger charge is 2.16. The smallest absolute Gasteiger partial charge is 0.426 e. The number of carbonyl (C=O) groups is 2. The normalized spacial score (nSPS) is 19.5. The number of cyclic esters (lactones) is 2. The molecule has 0 bridgehead atoms. The second kappa shape index (κ2) is 1.81. The van der Waals surface area contributed by atoms with Crippen LogP contribution in [0.15, 0.2) is 0 Å². The third-order valence-electron chi connectivity index (χ3n) is 0.702. The first-order valence-corrected chi connectivity index (χ1v) is 2.10. The van der Waals surface area contributed by atoms with Crippen LogP contribution in [0.2, 0.25) is 0 Å². The van der Waals surface area contributed by atoms with Gasteiger partial charge in [0.15, 0.2) is 13.2 Å². The minimum absolute atomic E-state index is 0.140. The predicted octanol–water partition coefficient (Wildman–Crippen LogP) is -0.278. The first kappa shape index (κ1) is 5.08. The number of hydrogen-bond acceptors (Lipinski definition) is 4. The van der Waals surface area contributed by atoms with Crippen LogP contribution in [-0.2, 0) is 14.3 Å². The molecule has 44 valence electrons. The van der Waals surface area contributed by atoms with E-state index in [1.807, 2.05) is 0 Å². The van der Waals surface area contributed by atoms with Gasteiger partial charge in [-0.05, 0) is 0 Å². The Morgan fingerprint density at radius 2 is 1.62 bits per heavy atom. The lowest BCUT2D eigenvalue weighted by Gasteiger charge is -2.08. The van der Waals surface area contributed by atoms with Crippen LogP contribution in [0.1, 0.15) is 0 Å². The van der Waals surface area contributed by atoms with Gasteiger partial charge in [-0.2, -0.15) is 0 Å². The number of Topliss-reactive ketones (excluding diaryl/α,β-unsaturated/α-hetero) is 1. The zero-order chi connectivity index (χ0) is 5.98. The molecule has 1 fully saturated rings. The highest BCUT2D eigenvalue weighted by molar-refractivity contribution is 5.86. The molecule has 0 radical (unpaired) electrons. The zero-order valence-corrected chi connectivity index (χ0v) is 4.05. The van der Waals surface area contributed by atoms with E-state index in [2.05, 4.69) is 9.47 Å². The van der Waals surface area contributed by atoms with Crippen LogP contribution in [0.25, 0.3) is 0 Å². The summed E-state index contributed by atoms with van der Waals surface area (Å²) in [6, 6.07) is 0. The summed E-state index contributed by atoms with van der Waals surface area (Å²) in [5.74, 6) is -0.204. The molecule has 1 aliphatic heterocycles. The van der Waals surface area contributed by atoms with Gasteiger partial charge >= 0.3 is 6.16 Å². The first-order chi connectivity index (χ1) is 3.79. The average molecular weight is 116 g/mol. The van der Waals surface area contributed by atoms with Crippen molar-refractivity contribution in [2.24, 2.45) is 0 Å². The number of hydrogen-bond donors (Lipinski definition) is 0. The second-order valence-corrected chi connectivity index (χ2v) is 1.37. The van der Waals surface area contributed by atoms with Gasteiger partial charge in [0.05, 0.1) is 0 Å². The van der Waals surface area contributed by atoms with Crippen LogP contribution >= 0.6 is 0 Å². The van der Waals surface area contributed by atoms with E-state index in [0.717, 1.165) is 0 Å². The molecule has 0 spiro atoms. The monoisotopic (exact) mass is 116 g/mol. The lowest BCUT2D eigenvalue weighted by Crippen LogP contribution is -2.26. The number of carbonyl (C=O) groups excluding carboxylic acids is 2. The predicted molar refractivity (Wildman–Crippen MR) is 22.3 cm³/mol. The van der Waals surface area contributed by atoms with Gasteiger partial charge in [0.2, 0.25) is 5.78 Å².